The van der Waals surface area contributed by atoms with Gasteiger partial charge in [-0.05, 0) is 42.8 Å². The Morgan fingerprint density at radius 3 is 2.44 bits per heavy atom. The van der Waals surface area contributed by atoms with Gasteiger partial charge in [0.05, 0.1) is 25.0 Å². The third kappa shape index (κ3) is 5.53. The monoisotopic (exact) mass is 343 g/mol. The molecular weight excluding hydrogens is 322 g/mol. The first kappa shape index (κ1) is 18.3. The topological polar surface area (TPSA) is 73.9 Å². The maximum absolute atomic E-state index is 12.0. The van der Waals surface area contributed by atoms with Gasteiger partial charge in [0.25, 0.3) is 5.91 Å². The number of para-hydroxylation sites is 2. The lowest BCUT2D eigenvalue weighted by Gasteiger charge is -2.10. The summed E-state index contributed by atoms with van der Waals surface area (Å²) in [7, 11) is 1.51. The highest BCUT2D eigenvalue weighted by atomic mass is 16.5. The molecule has 2 rings (SSSR count). The predicted molar refractivity (Wildman–Crippen MR) is 94.1 cm³/mol. The van der Waals surface area contributed by atoms with Crippen LogP contribution in [0.2, 0.25) is 0 Å². The van der Waals surface area contributed by atoms with Crippen molar-refractivity contribution < 1.29 is 23.8 Å². The van der Waals surface area contributed by atoms with E-state index in [1.165, 1.54) is 7.11 Å². The number of rotatable bonds is 8. The van der Waals surface area contributed by atoms with Crippen LogP contribution in [0.25, 0.3) is 0 Å². The summed E-state index contributed by atoms with van der Waals surface area (Å²) in [5.74, 6) is 0.204. The average molecular weight is 343 g/mol. The van der Waals surface area contributed by atoms with Crippen molar-refractivity contribution in [3.05, 3.63) is 54.1 Å². The molecule has 0 unspecified atom stereocenters. The summed E-state index contributed by atoms with van der Waals surface area (Å²) >= 11 is 0. The molecule has 0 aromatic heterocycles. The van der Waals surface area contributed by atoms with Crippen molar-refractivity contribution >= 4 is 17.6 Å². The molecule has 2 aromatic rings. The number of amides is 1. The fourth-order valence-corrected chi connectivity index (χ4v) is 2.06. The van der Waals surface area contributed by atoms with E-state index >= 15 is 0 Å². The molecule has 1 amide bonds. The summed E-state index contributed by atoms with van der Waals surface area (Å²) < 4.78 is 15.6. The van der Waals surface area contributed by atoms with Crippen LogP contribution < -0.4 is 14.8 Å². The van der Waals surface area contributed by atoms with E-state index < -0.39 is 11.9 Å². The first-order valence-electron chi connectivity index (χ1n) is 7.97. The number of hydrogen-bond donors (Lipinski definition) is 1. The minimum Gasteiger partial charge on any atom is -0.495 e. The Kier molecular flexibility index (Phi) is 6.83. The van der Waals surface area contributed by atoms with E-state index in [2.05, 4.69) is 5.32 Å². The number of ether oxygens (including phenoxy) is 3. The van der Waals surface area contributed by atoms with Crippen molar-refractivity contribution in [1.82, 2.24) is 0 Å². The lowest BCUT2D eigenvalue weighted by Crippen LogP contribution is -2.21. The van der Waals surface area contributed by atoms with Crippen LogP contribution in [0.3, 0.4) is 0 Å². The molecule has 6 heteroatoms. The SMILES string of the molecule is CCCOc1ccc(C(=O)OCC(=O)Nc2ccccc2OC)cc1. The van der Waals surface area contributed by atoms with Gasteiger partial charge in [-0.1, -0.05) is 19.1 Å². The minimum absolute atomic E-state index is 0.356. The van der Waals surface area contributed by atoms with Crippen LogP contribution in [0, 0.1) is 0 Å². The molecule has 0 bridgehead atoms. The maximum Gasteiger partial charge on any atom is 0.338 e. The number of carbonyl (C=O) groups excluding carboxylic acids is 2. The second-order valence-electron chi connectivity index (χ2n) is 5.20. The molecule has 0 fully saturated rings. The van der Waals surface area contributed by atoms with Gasteiger partial charge in [0, 0.05) is 0 Å². The average Bonchev–Trinajstić information content (AvgIpc) is 2.65. The van der Waals surface area contributed by atoms with Crippen LogP contribution in [0.5, 0.6) is 11.5 Å². The highest BCUT2D eigenvalue weighted by Crippen LogP contribution is 2.22. The van der Waals surface area contributed by atoms with Crippen molar-refractivity contribution in [2.45, 2.75) is 13.3 Å². The van der Waals surface area contributed by atoms with E-state index in [9.17, 15) is 9.59 Å². The summed E-state index contributed by atoms with van der Waals surface area (Å²) in [5, 5.41) is 2.64. The van der Waals surface area contributed by atoms with Gasteiger partial charge in [-0.15, -0.1) is 0 Å². The van der Waals surface area contributed by atoms with Crippen LogP contribution in [0.4, 0.5) is 5.69 Å². The molecule has 0 heterocycles. The molecule has 0 aliphatic rings. The van der Waals surface area contributed by atoms with Crippen molar-refractivity contribution in [2.24, 2.45) is 0 Å². The molecule has 6 nitrogen and oxygen atoms in total. The fourth-order valence-electron chi connectivity index (χ4n) is 2.06. The van der Waals surface area contributed by atoms with Gasteiger partial charge in [-0.3, -0.25) is 4.79 Å². The van der Waals surface area contributed by atoms with Gasteiger partial charge in [-0.25, -0.2) is 4.79 Å². The Morgan fingerprint density at radius 2 is 1.76 bits per heavy atom. The highest BCUT2D eigenvalue weighted by molar-refractivity contribution is 5.96. The van der Waals surface area contributed by atoms with Crippen LogP contribution in [0.1, 0.15) is 23.7 Å². The predicted octanol–water partition coefficient (Wildman–Crippen LogP) is 3.28. The van der Waals surface area contributed by atoms with E-state index in [1.807, 2.05) is 6.92 Å². The smallest absolute Gasteiger partial charge is 0.338 e. The zero-order chi connectivity index (χ0) is 18.1. The van der Waals surface area contributed by atoms with E-state index in [1.54, 1.807) is 48.5 Å². The molecule has 0 aliphatic carbocycles. The number of benzene rings is 2. The van der Waals surface area contributed by atoms with Crippen LogP contribution in [0.15, 0.2) is 48.5 Å². The van der Waals surface area contributed by atoms with Crippen LogP contribution in [-0.2, 0) is 9.53 Å². The number of esters is 1. The molecule has 0 saturated carbocycles. The van der Waals surface area contributed by atoms with Gasteiger partial charge in [-0.2, -0.15) is 0 Å². The fraction of sp³-hybridized carbons (Fsp3) is 0.263. The number of nitrogens with one attached hydrogen (secondary N) is 1. The Balaban J connectivity index is 1.85. The molecule has 0 aliphatic heterocycles. The second-order valence-corrected chi connectivity index (χ2v) is 5.20. The quantitative estimate of drug-likeness (QED) is 0.745. The van der Waals surface area contributed by atoms with Gasteiger partial charge >= 0.3 is 5.97 Å². The van der Waals surface area contributed by atoms with E-state index in [0.29, 0.717) is 29.4 Å². The molecule has 2 aromatic carbocycles. The Labute approximate surface area is 146 Å². The van der Waals surface area contributed by atoms with Gasteiger partial charge in [0.1, 0.15) is 11.5 Å². The summed E-state index contributed by atoms with van der Waals surface area (Å²) in [6, 6.07) is 13.6. The third-order valence-electron chi connectivity index (χ3n) is 3.28. The summed E-state index contributed by atoms with van der Waals surface area (Å²) in [4.78, 5) is 23.9. The summed E-state index contributed by atoms with van der Waals surface area (Å²) in [6.45, 7) is 2.25. The number of methoxy groups -OCH3 is 1. The summed E-state index contributed by atoms with van der Waals surface area (Å²) in [5.41, 5.74) is 0.873. The number of hydrogen-bond acceptors (Lipinski definition) is 5. The van der Waals surface area contributed by atoms with Crippen LogP contribution in [-0.4, -0.2) is 32.2 Å². The third-order valence-corrected chi connectivity index (χ3v) is 3.28. The molecule has 0 spiro atoms. The first-order valence-corrected chi connectivity index (χ1v) is 7.97. The lowest BCUT2D eigenvalue weighted by atomic mass is 10.2. The van der Waals surface area contributed by atoms with Crippen molar-refractivity contribution in [3.63, 3.8) is 0 Å². The van der Waals surface area contributed by atoms with Gasteiger partial charge in [0.2, 0.25) is 0 Å². The van der Waals surface area contributed by atoms with E-state index in [0.717, 1.165) is 6.42 Å². The molecule has 0 atom stereocenters. The van der Waals surface area contributed by atoms with E-state index in [-0.39, 0.29) is 6.61 Å². The summed E-state index contributed by atoms with van der Waals surface area (Å²) in [6.07, 6.45) is 0.908. The zero-order valence-corrected chi connectivity index (χ0v) is 14.3. The Morgan fingerprint density at radius 1 is 1.04 bits per heavy atom. The highest BCUT2D eigenvalue weighted by Gasteiger charge is 2.12. The molecule has 0 saturated heterocycles. The van der Waals surface area contributed by atoms with Gasteiger partial charge in [0.15, 0.2) is 6.61 Å². The largest absolute Gasteiger partial charge is 0.495 e. The van der Waals surface area contributed by atoms with Crippen LogP contribution >= 0.6 is 0 Å². The molecule has 0 radical (unpaired) electrons. The van der Waals surface area contributed by atoms with Crippen molar-refractivity contribution in [2.75, 3.05) is 25.6 Å². The normalized spacial score (nSPS) is 10.0. The maximum atomic E-state index is 12.0. The number of anilines is 1. The number of carbonyl (C=O) groups is 2. The zero-order valence-electron chi connectivity index (χ0n) is 14.3. The molecule has 132 valence electrons. The van der Waals surface area contributed by atoms with E-state index in [4.69, 9.17) is 14.2 Å². The molecular formula is C19H21NO5. The Bertz CT molecular complexity index is 712. The second kappa shape index (κ2) is 9.32. The molecule has 1 N–H and O–H groups in total. The lowest BCUT2D eigenvalue weighted by molar-refractivity contribution is -0.119. The minimum atomic E-state index is -0.572. The van der Waals surface area contributed by atoms with Gasteiger partial charge < -0.3 is 19.5 Å². The Hall–Kier alpha value is -3.02. The first-order chi connectivity index (χ1) is 12.1. The van der Waals surface area contributed by atoms with Crippen molar-refractivity contribution in [3.8, 4) is 11.5 Å². The van der Waals surface area contributed by atoms with Crippen molar-refractivity contribution in [1.29, 1.82) is 0 Å². The standard InChI is InChI=1S/C19H21NO5/c1-3-12-24-15-10-8-14(9-11-15)19(22)25-13-18(21)20-16-6-4-5-7-17(16)23-2/h4-11H,3,12-13H2,1-2H3,(H,20,21). The molecule has 25 heavy (non-hydrogen) atoms.